The van der Waals surface area contributed by atoms with Gasteiger partial charge in [-0.1, -0.05) is 27.5 Å². The number of carbonyl (C=O) groups is 1. The number of halogens is 3. The SMILES string of the molecule is O=Cc1cc(Br)cc(Cl)c1Br. The van der Waals surface area contributed by atoms with Crippen molar-refractivity contribution in [3.63, 3.8) is 0 Å². The Balaban J connectivity index is 3.35. The van der Waals surface area contributed by atoms with Crippen LogP contribution >= 0.6 is 43.5 Å². The second-order valence-corrected chi connectivity index (χ2v) is 4.02. The number of benzene rings is 1. The van der Waals surface area contributed by atoms with Gasteiger partial charge in [0.2, 0.25) is 0 Å². The molecule has 1 aromatic rings. The molecule has 0 aromatic heterocycles. The van der Waals surface area contributed by atoms with Crippen LogP contribution in [0.3, 0.4) is 0 Å². The van der Waals surface area contributed by atoms with E-state index in [-0.39, 0.29) is 0 Å². The Morgan fingerprint density at radius 3 is 2.55 bits per heavy atom. The lowest BCUT2D eigenvalue weighted by molar-refractivity contribution is 0.112. The van der Waals surface area contributed by atoms with Gasteiger partial charge in [-0.15, -0.1) is 0 Å². The molecule has 0 aliphatic rings. The highest BCUT2D eigenvalue weighted by Gasteiger charge is 2.04. The number of hydrogen-bond acceptors (Lipinski definition) is 1. The van der Waals surface area contributed by atoms with E-state index in [1.54, 1.807) is 12.1 Å². The molecule has 0 heterocycles. The fraction of sp³-hybridized carbons (Fsp3) is 0. The fourth-order valence-electron chi connectivity index (χ4n) is 0.662. The zero-order valence-corrected chi connectivity index (χ0v) is 9.20. The number of hydrogen-bond donors (Lipinski definition) is 0. The summed E-state index contributed by atoms with van der Waals surface area (Å²) in [5, 5.41) is 0.529. The monoisotopic (exact) mass is 296 g/mol. The summed E-state index contributed by atoms with van der Waals surface area (Å²) in [5.74, 6) is 0. The first-order chi connectivity index (χ1) is 5.15. The van der Waals surface area contributed by atoms with Crippen molar-refractivity contribution in [3.8, 4) is 0 Å². The molecule has 0 saturated heterocycles. The van der Waals surface area contributed by atoms with Gasteiger partial charge in [-0.05, 0) is 28.1 Å². The van der Waals surface area contributed by atoms with E-state index in [2.05, 4.69) is 31.9 Å². The zero-order chi connectivity index (χ0) is 8.43. The first-order valence-corrected chi connectivity index (χ1v) is 4.71. The predicted octanol–water partition coefficient (Wildman–Crippen LogP) is 3.68. The van der Waals surface area contributed by atoms with Gasteiger partial charge in [-0.2, -0.15) is 0 Å². The molecular weight excluding hydrogens is 295 g/mol. The highest BCUT2D eigenvalue weighted by atomic mass is 79.9. The third-order valence-electron chi connectivity index (χ3n) is 1.15. The molecule has 1 aromatic carbocycles. The second-order valence-electron chi connectivity index (χ2n) is 1.91. The topological polar surface area (TPSA) is 17.1 Å². The van der Waals surface area contributed by atoms with Gasteiger partial charge in [-0.3, -0.25) is 4.79 Å². The van der Waals surface area contributed by atoms with Crippen molar-refractivity contribution in [2.75, 3.05) is 0 Å². The Bertz CT molecular complexity index is 299. The third kappa shape index (κ3) is 2.04. The molecule has 0 radical (unpaired) electrons. The van der Waals surface area contributed by atoms with Crippen LogP contribution in [0.5, 0.6) is 0 Å². The molecule has 1 rings (SSSR count). The molecule has 0 aliphatic heterocycles. The minimum atomic E-state index is 0.529. The number of aldehydes is 1. The molecular formula is C7H3Br2ClO. The van der Waals surface area contributed by atoms with E-state index < -0.39 is 0 Å². The molecule has 0 unspecified atom stereocenters. The van der Waals surface area contributed by atoms with Crippen LogP contribution in [0.2, 0.25) is 5.02 Å². The Labute approximate surface area is 86.0 Å². The van der Waals surface area contributed by atoms with Crippen LogP contribution in [0, 0.1) is 0 Å². The van der Waals surface area contributed by atoms with Gasteiger partial charge >= 0.3 is 0 Å². The maximum absolute atomic E-state index is 10.4. The van der Waals surface area contributed by atoms with Crippen molar-refractivity contribution in [2.24, 2.45) is 0 Å². The average molecular weight is 298 g/mol. The summed E-state index contributed by atoms with van der Waals surface area (Å²) in [4.78, 5) is 10.4. The minimum Gasteiger partial charge on any atom is -0.298 e. The number of rotatable bonds is 1. The molecule has 0 fully saturated rings. The molecule has 0 spiro atoms. The summed E-state index contributed by atoms with van der Waals surface area (Å²) in [6, 6.07) is 3.42. The lowest BCUT2D eigenvalue weighted by atomic mass is 10.2. The molecule has 0 aliphatic carbocycles. The summed E-state index contributed by atoms with van der Waals surface area (Å²) >= 11 is 12.2. The van der Waals surface area contributed by atoms with Crippen LogP contribution < -0.4 is 0 Å². The molecule has 11 heavy (non-hydrogen) atoms. The standard InChI is InChI=1S/C7H3Br2ClO/c8-5-1-4(3-11)7(9)6(10)2-5/h1-3H. The molecule has 0 amide bonds. The second kappa shape index (κ2) is 3.70. The van der Waals surface area contributed by atoms with Crippen LogP contribution in [0.15, 0.2) is 21.1 Å². The molecule has 4 heteroatoms. The van der Waals surface area contributed by atoms with Crippen LogP contribution in [0.1, 0.15) is 10.4 Å². The molecule has 0 N–H and O–H groups in total. The normalized spacial score (nSPS) is 9.73. The summed E-state index contributed by atoms with van der Waals surface area (Å²) < 4.78 is 1.44. The average Bonchev–Trinajstić information content (AvgIpc) is 1.96. The first kappa shape index (κ1) is 9.23. The van der Waals surface area contributed by atoms with E-state index >= 15 is 0 Å². The van der Waals surface area contributed by atoms with Crippen molar-refractivity contribution >= 4 is 49.7 Å². The van der Waals surface area contributed by atoms with Crippen molar-refractivity contribution in [1.82, 2.24) is 0 Å². The quantitative estimate of drug-likeness (QED) is 0.571. The van der Waals surface area contributed by atoms with Gasteiger partial charge in [0, 0.05) is 14.5 Å². The number of carbonyl (C=O) groups excluding carboxylic acids is 1. The smallest absolute Gasteiger partial charge is 0.151 e. The maximum Gasteiger partial charge on any atom is 0.151 e. The van der Waals surface area contributed by atoms with E-state index in [9.17, 15) is 4.79 Å². The highest BCUT2D eigenvalue weighted by molar-refractivity contribution is 9.11. The fourth-order valence-corrected chi connectivity index (χ4v) is 1.82. The maximum atomic E-state index is 10.4. The van der Waals surface area contributed by atoms with Gasteiger partial charge in [-0.25, -0.2) is 0 Å². The molecule has 0 atom stereocenters. The van der Waals surface area contributed by atoms with Crippen molar-refractivity contribution in [1.29, 1.82) is 0 Å². The van der Waals surface area contributed by atoms with E-state index in [0.29, 0.717) is 15.1 Å². The van der Waals surface area contributed by atoms with Crippen LogP contribution in [-0.4, -0.2) is 6.29 Å². The van der Waals surface area contributed by atoms with E-state index in [0.717, 1.165) is 10.8 Å². The molecule has 0 saturated carbocycles. The Hall–Kier alpha value is 0.140. The Morgan fingerprint density at radius 1 is 1.36 bits per heavy atom. The van der Waals surface area contributed by atoms with E-state index in [4.69, 9.17) is 11.6 Å². The zero-order valence-electron chi connectivity index (χ0n) is 5.27. The van der Waals surface area contributed by atoms with Crippen LogP contribution in [-0.2, 0) is 0 Å². The first-order valence-electron chi connectivity index (χ1n) is 2.75. The lowest BCUT2D eigenvalue weighted by Gasteiger charge is -1.99. The summed E-state index contributed by atoms with van der Waals surface area (Å²) in [6.07, 6.45) is 0.751. The van der Waals surface area contributed by atoms with E-state index in [1.165, 1.54) is 0 Å². The lowest BCUT2D eigenvalue weighted by Crippen LogP contribution is -1.82. The largest absolute Gasteiger partial charge is 0.298 e. The van der Waals surface area contributed by atoms with Crippen LogP contribution in [0.4, 0.5) is 0 Å². The summed E-state index contributed by atoms with van der Waals surface area (Å²) in [5.41, 5.74) is 0.546. The molecule has 58 valence electrons. The summed E-state index contributed by atoms with van der Waals surface area (Å²) in [7, 11) is 0. The van der Waals surface area contributed by atoms with Gasteiger partial charge in [0.05, 0.1) is 5.02 Å². The van der Waals surface area contributed by atoms with Crippen molar-refractivity contribution < 1.29 is 4.79 Å². The Kier molecular flexibility index (Phi) is 3.10. The molecule has 0 bridgehead atoms. The van der Waals surface area contributed by atoms with Crippen molar-refractivity contribution in [2.45, 2.75) is 0 Å². The van der Waals surface area contributed by atoms with Gasteiger partial charge in [0.15, 0.2) is 6.29 Å². The van der Waals surface area contributed by atoms with Crippen LogP contribution in [0.25, 0.3) is 0 Å². The van der Waals surface area contributed by atoms with Gasteiger partial charge in [0.25, 0.3) is 0 Å². The summed E-state index contributed by atoms with van der Waals surface area (Å²) in [6.45, 7) is 0. The minimum absolute atomic E-state index is 0.529. The highest BCUT2D eigenvalue weighted by Crippen LogP contribution is 2.29. The van der Waals surface area contributed by atoms with Gasteiger partial charge < -0.3 is 0 Å². The Morgan fingerprint density at radius 2 is 2.00 bits per heavy atom. The van der Waals surface area contributed by atoms with Gasteiger partial charge in [0.1, 0.15) is 0 Å². The van der Waals surface area contributed by atoms with E-state index in [1.807, 2.05) is 0 Å². The third-order valence-corrected chi connectivity index (χ3v) is 3.02. The molecule has 1 nitrogen and oxygen atoms in total. The predicted molar refractivity (Wildman–Crippen MR) is 52.2 cm³/mol. The van der Waals surface area contributed by atoms with Crippen molar-refractivity contribution in [3.05, 3.63) is 31.7 Å².